The molecule has 124 valence electrons. The Labute approximate surface area is 147 Å². The van der Waals surface area contributed by atoms with E-state index in [9.17, 15) is 4.79 Å². The first-order valence-corrected chi connectivity index (χ1v) is 8.19. The van der Waals surface area contributed by atoms with Gasteiger partial charge in [-0.25, -0.2) is 0 Å². The number of likely N-dealkylation sites (tertiary alicyclic amines) is 1. The number of nitrogens with one attached hydrogen (secondary N) is 1. The summed E-state index contributed by atoms with van der Waals surface area (Å²) in [5, 5.41) is 2.93. The van der Waals surface area contributed by atoms with Gasteiger partial charge >= 0.3 is 0 Å². The Morgan fingerprint density at radius 1 is 1.50 bits per heavy atom. The highest BCUT2D eigenvalue weighted by molar-refractivity contribution is 9.10. The molecule has 1 fully saturated rings. The number of hydrogen-bond donors (Lipinski definition) is 2. The summed E-state index contributed by atoms with van der Waals surface area (Å²) in [5.74, 6) is 0.0563. The van der Waals surface area contributed by atoms with E-state index in [0.717, 1.165) is 36.2 Å². The van der Waals surface area contributed by atoms with Gasteiger partial charge in [0.1, 0.15) is 0 Å². The van der Waals surface area contributed by atoms with E-state index < -0.39 is 0 Å². The van der Waals surface area contributed by atoms with Crippen molar-refractivity contribution in [2.24, 2.45) is 11.1 Å². The molecule has 22 heavy (non-hydrogen) atoms. The summed E-state index contributed by atoms with van der Waals surface area (Å²) in [6.45, 7) is 7.12. The Bertz CT molecular complexity index is 510. The van der Waals surface area contributed by atoms with Crippen LogP contribution in [-0.2, 0) is 4.79 Å². The van der Waals surface area contributed by atoms with E-state index in [1.54, 1.807) is 0 Å². The second-order valence-electron chi connectivity index (χ2n) is 6.47. The minimum Gasteiger partial charge on any atom is -0.327 e. The number of nitrogens with zero attached hydrogens (tertiary/aromatic N) is 1. The number of piperidine rings is 1. The van der Waals surface area contributed by atoms with Crippen LogP contribution in [0.3, 0.4) is 0 Å². The van der Waals surface area contributed by atoms with E-state index in [2.05, 4.69) is 40.0 Å². The zero-order chi connectivity index (χ0) is 15.5. The van der Waals surface area contributed by atoms with Gasteiger partial charge in [-0.3, -0.25) is 4.79 Å². The second kappa shape index (κ2) is 8.29. The maximum atomic E-state index is 12.0. The van der Waals surface area contributed by atoms with Gasteiger partial charge in [-0.1, -0.05) is 35.8 Å². The summed E-state index contributed by atoms with van der Waals surface area (Å²) in [5.41, 5.74) is 7.09. The molecule has 1 aliphatic rings. The van der Waals surface area contributed by atoms with Crippen molar-refractivity contribution in [2.45, 2.75) is 32.7 Å². The second-order valence-corrected chi connectivity index (χ2v) is 7.38. The van der Waals surface area contributed by atoms with Gasteiger partial charge in [0.15, 0.2) is 0 Å². The third-order valence-corrected chi connectivity index (χ3v) is 4.65. The summed E-state index contributed by atoms with van der Waals surface area (Å²) < 4.78 is 0.965. The molecule has 1 heterocycles. The maximum Gasteiger partial charge on any atom is 0.225 e. The highest BCUT2D eigenvalue weighted by Crippen LogP contribution is 2.27. The minimum atomic E-state index is 0. The molecule has 0 saturated carbocycles. The molecule has 0 aliphatic carbocycles. The molecule has 0 radical (unpaired) electrons. The summed E-state index contributed by atoms with van der Waals surface area (Å²) >= 11 is 3.40. The van der Waals surface area contributed by atoms with Crippen LogP contribution in [0.1, 0.15) is 26.7 Å². The van der Waals surface area contributed by atoms with E-state index in [-0.39, 0.29) is 29.8 Å². The zero-order valence-corrected chi connectivity index (χ0v) is 15.5. The van der Waals surface area contributed by atoms with Crippen LogP contribution in [0, 0.1) is 5.41 Å². The number of nitrogens with two attached hydrogens (primary N) is 1. The summed E-state index contributed by atoms with van der Waals surface area (Å²) in [6, 6.07) is 7.90. The van der Waals surface area contributed by atoms with Crippen LogP contribution in [0.4, 0.5) is 5.69 Å². The third kappa shape index (κ3) is 5.54. The summed E-state index contributed by atoms with van der Waals surface area (Å²) in [4.78, 5) is 14.4. The largest absolute Gasteiger partial charge is 0.327 e. The lowest BCUT2D eigenvalue weighted by molar-refractivity contribution is -0.116. The molecular formula is C16H25BrClN3O. The van der Waals surface area contributed by atoms with Gasteiger partial charge in [-0.05, 0) is 36.6 Å². The van der Waals surface area contributed by atoms with Gasteiger partial charge in [0.2, 0.25) is 5.91 Å². The smallest absolute Gasteiger partial charge is 0.225 e. The number of amides is 1. The lowest BCUT2D eigenvalue weighted by Gasteiger charge is -2.42. The molecule has 0 aromatic heterocycles. The number of rotatable bonds is 4. The fourth-order valence-electron chi connectivity index (χ4n) is 2.73. The molecule has 4 nitrogen and oxygen atoms in total. The van der Waals surface area contributed by atoms with Crippen molar-refractivity contribution in [1.29, 1.82) is 0 Å². The summed E-state index contributed by atoms with van der Waals surface area (Å²) in [7, 11) is 0. The van der Waals surface area contributed by atoms with Crippen molar-refractivity contribution in [3.8, 4) is 0 Å². The van der Waals surface area contributed by atoms with E-state index in [1.807, 2.05) is 24.3 Å². The quantitative estimate of drug-likeness (QED) is 0.829. The van der Waals surface area contributed by atoms with Crippen LogP contribution in [0.15, 0.2) is 28.7 Å². The third-order valence-electron chi connectivity index (χ3n) is 4.15. The molecule has 1 unspecified atom stereocenters. The molecule has 1 aromatic carbocycles. The Hall–Kier alpha value is -0.620. The molecule has 1 atom stereocenters. The van der Waals surface area contributed by atoms with Crippen molar-refractivity contribution < 1.29 is 4.79 Å². The number of benzene rings is 1. The molecule has 1 aliphatic heterocycles. The van der Waals surface area contributed by atoms with Crippen molar-refractivity contribution in [2.75, 3.05) is 25.0 Å². The Morgan fingerprint density at radius 2 is 2.23 bits per heavy atom. The predicted molar refractivity (Wildman–Crippen MR) is 97.5 cm³/mol. The maximum absolute atomic E-state index is 12.0. The molecule has 1 saturated heterocycles. The van der Waals surface area contributed by atoms with Gasteiger partial charge in [-0.15, -0.1) is 12.4 Å². The van der Waals surface area contributed by atoms with Crippen molar-refractivity contribution in [3.63, 3.8) is 0 Å². The first-order valence-electron chi connectivity index (χ1n) is 7.40. The summed E-state index contributed by atoms with van der Waals surface area (Å²) in [6.07, 6.45) is 1.51. The van der Waals surface area contributed by atoms with E-state index in [0.29, 0.717) is 6.42 Å². The van der Waals surface area contributed by atoms with Gasteiger partial charge < -0.3 is 16.0 Å². The van der Waals surface area contributed by atoms with Gasteiger partial charge in [0.05, 0.1) is 0 Å². The Balaban J connectivity index is 0.00000242. The molecule has 2 rings (SSSR count). The molecule has 6 heteroatoms. The van der Waals surface area contributed by atoms with Gasteiger partial charge in [0.25, 0.3) is 0 Å². The van der Waals surface area contributed by atoms with Crippen molar-refractivity contribution in [1.82, 2.24) is 4.90 Å². The number of anilines is 1. The average Bonchev–Trinajstić information content (AvgIpc) is 2.40. The van der Waals surface area contributed by atoms with Crippen LogP contribution in [0.5, 0.6) is 0 Å². The van der Waals surface area contributed by atoms with E-state index in [4.69, 9.17) is 5.73 Å². The van der Waals surface area contributed by atoms with Crippen LogP contribution in [0.2, 0.25) is 0 Å². The SMILES string of the molecule is CC1(C)CN(CCC(=O)Nc2cccc(Br)c2)CCC1N.Cl. The highest BCUT2D eigenvalue weighted by Gasteiger charge is 2.33. The van der Waals surface area contributed by atoms with Crippen molar-refractivity contribution in [3.05, 3.63) is 28.7 Å². The van der Waals surface area contributed by atoms with Crippen LogP contribution >= 0.6 is 28.3 Å². The number of carbonyl (C=O) groups excluding carboxylic acids is 1. The molecule has 1 amide bonds. The molecule has 3 N–H and O–H groups in total. The number of halogens is 2. The first kappa shape index (κ1) is 19.4. The number of hydrogen-bond acceptors (Lipinski definition) is 3. The fourth-order valence-corrected chi connectivity index (χ4v) is 3.12. The van der Waals surface area contributed by atoms with Crippen LogP contribution in [0.25, 0.3) is 0 Å². The molecular weight excluding hydrogens is 366 g/mol. The Morgan fingerprint density at radius 3 is 2.86 bits per heavy atom. The van der Waals surface area contributed by atoms with Gasteiger partial charge in [0, 0.05) is 35.7 Å². The molecule has 0 bridgehead atoms. The molecule has 0 spiro atoms. The first-order chi connectivity index (χ1) is 9.87. The van der Waals surface area contributed by atoms with E-state index in [1.165, 1.54) is 0 Å². The monoisotopic (exact) mass is 389 g/mol. The Kier molecular flexibility index (Phi) is 7.32. The normalized spacial score (nSPS) is 21.0. The van der Waals surface area contributed by atoms with Crippen LogP contribution < -0.4 is 11.1 Å². The molecule has 1 aromatic rings. The zero-order valence-electron chi connectivity index (χ0n) is 13.1. The fraction of sp³-hybridized carbons (Fsp3) is 0.562. The van der Waals surface area contributed by atoms with Crippen LogP contribution in [-0.4, -0.2) is 36.5 Å². The predicted octanol–water partition coefficient (Wildman–Crippen LogP) is 3.26. The lowest BCUT2D eigenvalue weighted by atomic mass is 9.80. The standard InChI is InChI=1S/C16H24BrN3O.ClH/c1-16(2)11-20(8-6-14(16)18)9-7-15(21)19-13-5-3-4-12(17)10-13;/h3-5,10,14H,6-9,11,18H2,1-2H3,(H,19,21);1H. The average molecular weight is 391 g/mol. The minimum absolute atomic E-state index is 0. The van der Waals surface area contributed by atoms with E-state index >= 15 is 0 Å². The van der Waals surface area contributed by atoms with Gasteiger partial charge in [-0.2, -0.15) is 0 Å². The highest BCUT2D eigenvalue weighted by atomic mass is 79.9. The topological polar surface area (TPSA) is 58.4 Å². The van der Waals surface area contributed by atoms with Crippen molar-refractivity contribution >= 4 is 39.9 Å². The lowest BCUT2D eigenvalue weighted by Crippen LogP contribution is -2.52. The number of carbonyl (C=O) groups is 1.